The van der Waals surface area contributed by atoms with Gasteiger partial charge in [-0.25, -0.2) is 4.79 Å². The third-order valence-corrected chi connectivity index (χ3v) is 2.16. The van der Waals surface area contributed by atoms with Crippen molar-refractivity contribution in [2.45, 2.75) is 13.1 Å². The number of benzene rings is 1. The second-order valence-corrected chi connectivity index (χ2v) is 3.59. The minimum Gasteiger partial charge on any atom is -0.463 e. The average Bonchev–Trinajstić information content (AvgIpc) is 2.34. The van der Waals surface area contributed by atoms with Gasteiger partial charge in [-0.05, 0) is 24.6 Å². The maximum Gasteiger partial charge on any atom is 0.416 e. The molecule has 0 unspecified atom stereocenters. The highest BCUT2D eigenvalue weighted by atomic mass is 19.4. The number of carbonyl (C=O) groups excluding carboxylic acids is 1. The van der Waals surface area contributed by atoms with Gasteiger partial charge in [0.15, 0.2) is 0 Å². The summed E-state index contributed by atoms with van der Waals surface area (Å²) >= 11 is 0. The maximum absolute atomic E-state index is 12.3. The third-order valence-electron chi connectivity index (χ3n) is 2.16. The smallest absolute Gasteiger partial charge is 0.416 e. The number of carbonyl (C=O) groups is 1. The van der Waals surface area contributed by atoms with Crippen LogP contribution in [0.5, 0.6) is 0 Å². The summed E-state index contributed by atoms with van der Waals surface area (Å²) in [5.41, 5.74) is -0.0757. The molecule has 2 nitrogen and oxygen atoms in total. The fourth-order valence-corrected chi connectivity index (χ4v) is 1.27. The van der Waals surface area contributed by atoms with E-state index in [9.17, 15) is 18.0 Å². The quantitative estimate of drug-likeness (QED) is 0.472. The highest BCUT2D eigenvalue weighted by molar-refractivity contribution is 5.82. The van der Waals surface area contributed by atoms with E-state index in [0.29, 0.717) is 12.2 Å². The first-order valence-corrected chi connectivity index (χ1v) is 5.62. The summed E-state index contributed by atoms with van der Waals surface area (Å²) in [5.74, 6) is -0.459. The molecule has 1 rings (SSSR count). The monoisotopic (exact) mass is 270 g/mol. The lowest BCUT2D eigenvalue weighted by atomic mass is 10.1. The van der Waals surface area contributed by atoms with E-state index in [2.05, 4.69) is 4.74 Å². The molecule has 0 atom stereocenters. The molecule has 0 aliphatic carbocycles. The standard InChI is InChI=1S/C14H13F3O2/c1-2-19-13(18)6-4-3-5-11-7-9-12(10-8-11)14(15,16)17/h3-10H,2H2,1H3. The van der Waals surface area contributed by atoms with E-state index >= 15 is 0 Å². The van der Waals surface area contributed by atoms with Gasteiger partial charge in [-0.1, -0.05) is 30.4 Å². The number of alkyl halides is 3. The Balaban J connectivity index is 2.61. The summed E-state index contributed by atoms with van der Waals surface area (Å²) in [4.78, 5) is 10.9. The number of ether oxygens (including phenoxy) is 1. The van der Waals surface area contributed by atoms with Crippen LogP contribution in [0.4, 0.5) is 13.2 Å². The van der Waals surface area contributed by atoms with Crippen molar-refractivity contribution in [3.05, 3.63) is 53.6 Å². The van der Waals surface area contributed by atoms with Gasteiger partial charge in [-0.15, -0.1) is 0 Å². The van der Waals surface area contributed by atoms with Gasteiger partial charge in [0.25, 0.3) is 0 Å². The predicted molar refractivity (Wildman–Crippen MR) is 66.3 cm³/mol. The first kappa shape index (κ1) is 15.0. The van der Waals surface area contributed by atoms with Crippen LogP contribution in [0.1, 0.15) is 18.1 Å². The van der Waals surface area contributed by atoms with Crippen LogP contribution in [0, 0.1) is 0 Å². The fraction of sp³-hybridized carbons (Fsp3) is 0.214. The molecule has 19 heavy (non-hydrogen) atoms. The van der Waals surface area contributed by atoms with Gasteiger partial charge in [-0.3, -0.25) is 0 Å². The van der Waals surface area contributed by atoms with Crippen LogP contribution in [0.3, 0.4) is 0 Å². The number of hydrogen-bond acceptors (Lipinski definition) is 2. The first-order valence-electron chi connectivity index (χ1n) is 5.62. The number of allylic oxidation sites excluding steroid dienone is 2. The SMILES string of the molecule is CCOC(=O)C=CC=Cc1ccc(C(F)(F)F)cc1. The van der Waals surface area contributed by atoms with Crippen molar-refractivity contribution in [1.82, 2.24) is 0 Å². The van der Waals surface area contributed by atoms with E-state index in [1.807, 2.05) is 0 Å². The minimum atomic E-state index is -4.33. The van der Waals surface area contributed by atoms with Crippen molar-refractivity contribution in [2.24, 2.45) is 0 Å². The zero-order chi connectivity index (χ0) is 14.3. The highest BCUT2D eigenvalue weighted by Crippen LogP contribution is 2.29. The average molecular weight is 270 g/mol. The number of halogens is 3. The van der Waals surface area contributed by atoms with Crippen LogP contribution in [-0.2, 0) is 15.7 Å². The number of rotatable bonds is 4. The molecule has 0 bridgehead atoms. The Labute approximate surface area is 109 Å². The molecule has 0 heterocycles. The number of hydrogen-bond donors (Lipinski definition) is 0. The molecule has 0 radical (unpaired) electrons. The van der Waals surface area contributed by atoms with Crippen molar-refractivity contribution in [3.63, 3.8) is 0 Å². The van der Waals surface area contributed by atoms with E-state index in [-0.39, 0.29) is 0 Å². The van der Waals surface area contributed by atoms with E-state index in [1.165, 1.54) is 24.3 Å². The Morgan fingerprint density at radius 3 is 2.37 bits per heavy atom. The van der Waals surface area contributed by atoms with Crippen molar-refractivity contribution in [1.29, 1.82) is 0 Å². The Morgan fingerprint density at radius 2 is 1.84 bits per heavy atom. The molecule has 0 aromatic heterocycles. The van der Waals surface area contributed by atoms with Gasteiger partial charge in [0, 0.05) is 6.08 Å². The molecule has 0 saturated heterocycles. The van der Waals surface area contributed by atoms with Crippen LogP contribution < -0.4 is 0 Å². The van der Waals surface area contributed by atoms with E-state index < -0.39 is 17.7 Å². The van der Waals surface area contributed by atoms with Crippen molar-refractivity contribution in [2.75, 3.05) is 6.61 Å². The minimum absolute atomic E-state index is 0.297. The Hall–Kier alpha value is -2.04. The molecule has 0 N–H and O–H groups in total. The van der Waals surface area contributed by atoms with Crippen LogP contribution in [0.25, 0.3) is 6.08 Å². The van der Waals surface area contributed by atoms with Gasteiger partial charge in [-0.2, -0.15) is 13.2 Å². The summed E-state index contributed by atoms with van der Waals surface area (Å²) in [6, 6.07) is 4.73. The molecule has 1 aromatic carbocycles. The van der Waals surface area contributed by atoms with Crippen molar-refractivity contribution >= 4 is 12.0 Å². The molecule has 0 fully saturated rings. The van der Waals surface area contributed by atoms with Gasteiger partial charge in [0.05, 0.1) is 12.2 Å². The summed E-state index contributed by atoms with van der Waals surface area (Å²) in [6.45, 7) is 2.00. The van der Waals surface area contributed by atoms with Gasteiger partial charge in [0.2, 0.25) is 0 Å². The molecule has 5 heteroatoms. The summed E-state index contributed by atoms with van der Waals surface area (Å²) in [5, 5.41) is 0. The van der Waals surface area contributed by atoms with Gasteiger partial charge in [0.1, 0.15) is 0 Å². The highest BCUT2D eigenvalue weighted by Gasteiger charge is 2.29. The van der Waals surface area contributed by atoms with E-state index in [0.717, 1.165) is 12.1 Å². The molecule has 0 saturated carbocycles. The molecular weight excluding hydrogens is 257 g/mol. The molecule has 0 amide bonds. The second-order valence-electron chi connectivity index (χ2n) is 3.59. The Morgan fingerprint density at radius 1 is 1.21 bits per heavy atom. The zero-order valence-corrected chi connectivity index (χ0v) is 10.3. The Kier molecular flexibility index (Phi) is 5.36. The molecule has 1 aromatic rings. The molecular formula is C14H13F3O2. The summed E-state index contributed by atoms with van der Waals surface area (Å²) < 4.78 is 41.6. The van der Waals surface area contributed by atoms with Gasteiger partial charge >= 0.3 is 12.1 Å². The van der Waals surface area contributed by atoms with E-state index in [1.54, 1.807) is 19.1 Å². The van der Waals surface area contributed by atoms with Crippen LogP contribution in [0.15, 0.2) is 42.5 Å². The lowest BCUT2D eigenvalue weighted by Gasteiger charge is -2.05. The van der Waals surface area contributed by atoms with E-state index in [4.69, 9.17) is 0 Å². The molecule has 0 spiro atoms. The topological polar surface area (TPSA) is 26.3 Å². The molecule has 102 valence electrons. The van der Waals surface area contributed by atoms with Crippen LogP contribution >= 0.6 is 0 Å². The fourth-order valence-electron chi connectivity index (χ4n) is 1.27. The van der Waals surface area contributed by atoms with Crippen molar-refractivity contribution < 1.29 is 22.7 Å². The Bertz CT molecular complexity index is 470. The lowest BCUT2D eigenvalue weighted by Crippen LogP contribution is -2.03. The lowest BCUT2D eigenvalue weighted by molar-refractivity contribution is -0.138. The largest absolute Gasteiger partial charge is 0.463 e. The van der Waals surface area contributed by atoms with Crippen LogP contribution in [0.2, 0.25) is 0 Å². The number of esters is 1. The molecule has 0 aliphatic heterocycles. The first-order chi connectivity index (χ1) is 8.93. The zero-order valence-electron chi connectivity index (χ0n) is 10.3. The van der Waals surface area contributed by atoms with Crippen molar-refractivity contribution in [3.8, 4) is 0 Å². The predicted octanol–water partition coefficient (Wildman–Crippen LogP) is 3.84. The normalized spacial score (nSPS) is 12.2. The maximum atomic E-state index is 12.3. The molecule has 0 aliphatic rings. The van der Waals surface area contributed by atoms with Crippen LogP contribution in [-0.4, -0.2) is 12.6 Å². The second kappa shape index (κ2) is 6.78. The van der Waals surface area contributed by atoms with Gasteiger partial charge < -0.3 is 4.74 Å². The third kappa shape index (κ3) is 5.42. The summed E-state index contributed by atoms with van der Waals surface area (Å²) in [7, 11) is 0. The summed E-state index contributed by atoms with van der Waals surface area (Å²) in [6.07, 6.45) is 1.53.